The van der Waals surface area contributed by atoms with Crippen LogP contribution in [0.3, 0.4) is 0 Å². The summed E-state index contributed by atoms with van der Waals surface area (Å²) in [4.78, 5) is 159. The average molecular weight is 1110 g/mol. The molecule has 0 spiro atoms. The topological polar surface area (TPSA) is 360 Å². The molecule has 4 atom stereocenters. The standard InChI is InChI=1S/C54H57FN10O15/c1-3-54(79)32-19-38-49-30(25-65(38)52(77)31(32)26-80-53(54)78)48-34(12-11-29-27(2)33(55)20-35(63-49)47(29)48)60-40(67)15-16-56-41(68)22-58-50(75)36(18-28-8-5-4-6-9-28)62-43(70)24-57-42(69)23-59-51(76)37(21-46(73)74)61-39(66)10-7-17-64-44(71)13-14-45(64)72/h4-6,8-9,13-14,19-20,34,36-37,79H,3,7,10-12,15-18,21-26H2,1-2H3,(H,56,68)(H,57,69)(H,58,75)(H,59,76)(H,60,67)(H,61,66)(H,62,70)(H,73,74)/t34-,36-,37-,54-/m0/s1. The summed E-state index contributed by atoms with van der Waals surface area (Å²) in [6, 6.07) is 7.90. The number of ether oxygens (including phenoxy) is 1. The molecule has 8 rings (SSSR count). The maximum Gasteiger partial charge on any atom is 0.343 e. The number of imide groups is 1. The first-order chi connectivity index (χ1) is 38.2. The van der Waals surface area contributed by atoms with E-state index in [4.69, 9.17) is 9.72 Å². The molecule has 420 valence electrons. The van der Waals surface area contributed by atoms with Crippen LogP contribution in [0.1, 0.15) is 90.4 Å². The third-order valence-electron chi connectivity index (χ3n) is 14.3. The summed E-state index contributed by atoms with van der Waals surface area (Å²) in [5.41, 5.74) is 1.64. The number of rotatable bonds is 23. The fraction of sp³-hybridized carbons (Fsp3) is 0.389. The SMILES string of the molecule is CC[C@@]1(O)C(=O)OCc2c1cc1n(c2=O)Cc2c-1nc1cc(F)c(C)c3c1c2[C@@H](NC(=O)CCNC(=O)CNC(=O)[C@H](Cc1ccccc1)NC(=O)CNC(=O)CNC(=O)[C@H](CC(=O)O)NC(=O)CCCN1C(=O)C=CC1=O)CC3. The van der Waals surface area contributed by atoms with Crippen molar-refractivity contribution in [2.24, 2.45) is 0 Å². The molecule has 2 aromatic heterocycles. The zero-order valence-electron chi connectivity index (χ0n) is 43.5. The number of fused-ring (bicyclic) bond motifs is 5. The molecule has 0 radical (unpaired) electrons. The molecule has 4 aliphatic rings. The molecule has 4 aromatic rings. The van der Waals surface area contributed by atoms with Crippen LogP contribution < -0.4 is 42.8 Å². The largest absolute Gasteiger partial charge is 0.481 e. The van der Waals surface area contributed by atoms with E-state index in [9.17, 15) is 67.7 Å². The van der Waals surface area contributed by atoms with E-state index in [-0.39, 0.29) is 69.5 Å². The summed E-state index contributed by atoms with van der Waals surface area (Å²) in [6.45, 7) is 0.731. The maximum atomic E-state index is 15.4. The minimum absolute atomic E-state index is 0.0251. The highest BCUT2D eigenvalue weighted by Gasteiger charge is 2.46. The van der Waals surface area contributed by atoms with E-state index < -0.39 is 126 Å². The highest BCUT2D eigenvalue weighted by atomic mass is 19.1. The Balaban J connectivity index is 0.827. The van der Waals surface area contributed by atoms with Crippen molar-refractivity contribution in [3.05, 3.63) is 110 Å². The highest BCUT2D eigenvalue weighted by Crippen LogP contribution is 2.46. The smallest absolute Gasteiger partial charge is 0.343 e. The number of aromatic nitrogens is 2. The molecular formula is C54H57FN10O15. The Morgan fingerprint density at radius 1 is 0.812 bits per heavy atom. The number of hydrogen-bond acceptors (Lipinski definition) is 15. The number of amides is 9. The lowest BCUT2D eigenvalue weighted by Crippen LogP contribution is -2.53. The molecule has 5 heterocycles. The van der Waals surface area contributed by atoms with Crippen LogP contribution in [-0.2, 0) is 89.1 Å². The normalized spacial score (nSPS) is 17.3. The van der Waals surface area contributed by atoms with Crippen molar-refractivity contribution < 1.29 is 72.1 Å². The minimum atomic E-state index is -2.07. The number of nitrogens with zero attached hydrogens (tertiary/aromatic N) is 3. The molecule has 26 heteroatoms. The fourth-order valence-corrected chi connectivity index (χ4v) is 10.2. The number of pyridine rings is 2. The van der Waals surface area contributed by atoms with Crippen molar-refractivity contribution in [2.45, 2.75) is 102 Å². The van der Waals surface area contributed by atoms with Gasteiger partial charge in [-0.25, -0.2) is 14.2 Å². The van der Waals surface area contributed by atoms with E-state index in [2.05, 4.69) is 37.2 Å². The second-order valence-corrected chi connectivity index (χ2v) is 19.6. The van der Waals surface area contributed by atoms with Gasteiger partial charge in [0.15, 0.2) is 5.60 Å². The van der Waals surface area contributed by atoms with E-state index >= 15 is 4.39 Å². The number of hydrogen-bond donors (Lipinski definition) is 9. The number of nitrogens with one attached hydrogen (secondary N) is 7. The van der Waals surface area contributed by atoms with Gasteiger partial charge in [0.2, 0.25) is 41.4 Å². The fourth-order valence-electron chi connectivity index (χ4n) is 10.2. The number of benzene rings is 2. The van der Waals surface area contributed by atoms with Crippen LogP contribution >= 0.6 is 0 Å². The van der Waals surface area contributed by atoms with E-state index in [1.165, 1.54) is 10.6 Å². The number of carboxylic acid groups (broad SMARTS) is 1. The molecule has 0 unspecified atom stereocenters. The van der Waals surface area contributed by atoms with Crippen LogP contribution in [0.5, 0.6) is 0 Å². The number of aliphatic hydroxyl groups is 1. The molecular weight excluding hydrogens is 1050 g/mol. The minimum Gasteiger partial charge on any atom is -0.481 e. The molecule has 0 fully saturated rings. The summed E-state index contributed by atoms with van der Waals surface area (Å²) in [5, 5.41) is 38.6. The van der Waals surface area contributed by atoms with Gasteiger partial charge in [0.1, 0.15) is 24.5 Å². The van der Waals surface area contributed by atoms with Gasteiger partial charge in [-0.2, -0.15) is 0 Å². The zero-order chi connectivity index (χ0) is 57.6. The van der Waals surface area contributed by atoms with Crippen molar-refractivity contribution in [1.29, 1.82) is 0 Å². The molecule has 3 aliphatic heterocycles. The average Bonchev–Trinajstić information content (AvgIpc) is 3.97. The Kier molecular flexibility index (Phi) is 17.3. The lowest BCUT2D eigenvalue weighted by atomic mass is 9.81. The predicted molar refractivity (Wildman–Crippen MR) is 276 cm³/mol. The van der Waals surface area contributed by atoms with Crippen LogP contribution in [0.25, 0.3) is 22.3 Å². The number of esters is 1. The highest BCUT2D eigenvalue weighted by molar-refractivity contribution is 6.13. The molecule has 9 amide bonds. The molecule has 0 saturated carbocycles. The second kappa shape index (κ2) is 24.2. The molecule has 25 nitrogen and oxygen atoms in total. The van der Waals surface area contributed by atoms with Crippen LogP contribution in [0.4, 0.5) is 4.39 Å². The van der Waals surface area contributed by atoms with Crippen molar-refractivity contribution in [3.8, 4) is 11.4 Å². The van der Waals surface area contributed by atoms with Gasteiger partial charge in [-0.05, 0) is 60.9 Å². The van der Waals surface area contributed by atoms with Gasteiger partial charge in [-0.15, -0.1) is 0 Å². The number of carbonyl (C=O) groups excluding carboxylic acids is 10. The van der Waals surface area contributed by atoms with Crippen LogP contribution in [-0.4, -0.2) is 135 Å². The number of halogens is 1. The molecule has 80 heavy (non-hydrogen) atoms. The number of cyclic esters (lactones) is 1. The van der Waals surface area contributed by atoms with E-state index in [1.807, 2.05) is 0 Å². The zero-order valence-corrected chi connectivity index (χ0v) is 43.5. The Morgan fingerprint density at radius 3 is 2.16 bits per heavy atom. The van der Waals surface area contributed by atoms with Gasteiger partial charge < -0.3 is 56.7 Å². The van der Waals surface area contributed by atoms with Gasteiger partial charge in [-0.3, -0.25) is 57.6 Å². The summed E-state index contributed by atoms with van der Waals surface area (Å²) in [6.07, 6.45) is 1.51. The van der Waals surface area contributed by atoms with Crippen molar-refractivity contribution in [1.82, 2.24) is 51.7 Å². The first kappa shape index (κ1) is 57.0. The summed E-state index contributed by atoms with van der Waals surface area (Å²) in [5.74, 6) is -9.32. The van der Waals surface area contributed by atoms with Crippen LogP contribution in [0, 0.1) is 12.7 Å². The Labute approximate surface area is 454 Å². The third-order valence-corrected chi connectivity index (χ3v) is 14.3. The Bertz CT molecular complexity index is 3350. The lowest BCUT2D eigenvalue weighted by molar-refractivity contribution is -0.172. The number of aryl methyl sites for hydroxylation is 1. The van der Waals surface area contributed by atoms with Gasteiger partial charge >= 0.3 is 11.9 Å². The lowest BCUT2D eigenvalue weighted by Gasteiger charge is -2.31. The van der Waals surface area contributed by atoms with Crippen molar-refractivity contribution in [3.63, 3.8) is 0 Å². The quantitative estimate of drug-likeness (QED) is 0.0276. The second-order valence-electron chi connectivity index (χ2n) is 19.6. The van der Waals surface area contributed by atoms with Gasteiger partial charge in [0.05, 0.1) is 61.1 Å². The molecule has 1 aliphatic carbocycles. The van der Waals surface area contributed by atoms with Crippen molar-refractivity contribution >= 4 is 76.0 Å². The summed E-state index contributed by atoms with van der Waals surface area (Å²) >= 11 is 0. The van der Waals surface area contributed by atoms with Crippen LogP contribution in [0.2, 0.25) is 0 Å². The van der Waals surface area contributed by atoms with Crippen molar-refractivity contribution in [2.75, 3.05) is 32.7 Å². The summed E-state index contributed by atoms with van der Waals surface area (Å²) < 4.78 is 22.1. The molecule has 0 bridgehead atoms. The third kappa shape index (κ3) is 12.4. The molecule has 9 N–H and O–H groups in total. The predicted octanol–water partition coefficient (Wildman–Crippen LogP) is -1.12. The van der Waals surface area contributed by atoms with Gasteiger partial charge in [-0.1, -0.05) is 37.3 Å². The first-order valence-electron chi connectivity index (χ1n) is 25.7. The van der Waals surface area contributed by atoms with Gasteiger partial charge in [0.25, 0.3) is 17.4 Å². The number of carboxylic acids is 1. The van der Waals surface area contributed by atoms with Gasteiger partial charge in [0, 0.05) is 67.1 Å². The monoisotopic (exact) mass is 1100 g/mol. The Morgan fingerprint density at radius 2 is 1.48 bits per heavy atom. The maximum absolute atomic E-state index is 15.4. The Hall–Kier alpha value is -9.20. The number of aliphatic carboxylic acids is 1. The van der Waals surface area contributed by atoms with E-state index in [0.29, 0.717) is 62.9 Å². The van der Waals surface area contributed by atoms with E-state index in [0.717, 1.165) is 17.1 Å². The van der Waals surface area contributed by atoms with Crippen LogP contribution in [0.15, 0.2) is 59.4 Å². The molecule has 2 aromatic carbocycles. The van der Waals surface area contributed by atoms with E-state index in [1.54, 1.807) is 50.2 Å². The number of carbonyl (C=O) groups is 11. The molecule has 0 saturated heterocycles. The first-order valence-corrected chi connectivity index (χ1v) is 25.7. The summed E-state index contributed by atoms with van der Waals surface area (Å²) in [7, 11) is 0.